The monoisotopic (exact) mass is 374 g/mol. The van der Waals surface area contributed by atoms with Gasteiger partial charge < -0.3 is 5.73 Å². The van der Waals surface area contributed by atoms with E-state index in [1.807, 2.05) is 0 Å². The van der Waals surface area contributed by atoms with Gasteiger partial charge in [-0.2, -0.15) is 4.31 Å². The third-order valence-corrected chi connectivity index (χ3v) is 7.32. The predicted molar refractivity (Wildman–Crippen MR) is 89.5 cm³/mol. The number of hydrogen-bond acceptors (Lipinski definition) is 3. The molecular formula is C15H23BrN2O2S. The highest BCUT2D eigenvalue weighted by molar-refractivity contribution is 9.10. The molecule has 2 rings (SSSR count). The summed E-state index contributed by atoms with van der Waals surface area (Å²) in [4.78, 5) is 0.282. The van der Waals surface area contributed by atoms with Crippen molar-refractivity contribution in [3.63, 3.8) is 0 Å². The summed E-state index contributed by atoms with van der Waals surface area (Å²) in [5, 5.41) is 0. The van der Waals surface area contributed by atoms with Crippen LogP contribution in [0.25, 0.3) is 0 Å². The van der Waals surface area contributed by atoms with Crippen LogP contribution in [0.5, 0.6) is 0 Å². The first-order chi connectivity index (χ1) is 9.63. The average Bonchev–Trinajstić information content (AvgIpc) is 2.37. The van der Waals surface area contributed by atoms with Crippen LogP contribution in [0.2, 0.25) is 0 Å². The maximum atomic E-state index is 12.8. The molecule has 1 aliphatic rings. The van der Waals surface area contributed by atoms with E-state index in [0.717, 1.165) is 25.7 Å². The minimum atomic E-state index is -3.49. The molecule has 1 fully saturated rings. The number of sulfonamides is 1. The van der Waals surface area contributed by atoms with Crippen molar-refractivity contribution in [1.29, 1.82) is 0 Å². The molecule has 1 aromatic carbocycles. The molecule has 1 aliphatic carbocycles. The summed E-state index contributed by atoms with van der Waals surface area (Å²) in [6.45, 7) is 4.49. The zero-order valence-electron chi connectivity index (χ0n) is 12.8. The fourth-order valence-corrected chi connectivity index (χ4v) is 5.29. The highest BCUT2D eigenvalue weighted by Crippen LogP contribution is 2.38. The summed E-state index contributed by atoms with van der Waals surface area (Å²) < 4.78 is 27.6. The lowest BCUT2D eigenvalue weighted by Crippen LogP contribution is -2.40. The Labute approximate surface area is 135 Å². The molecule has 118 valence electrons. The molecule has 0 atom stereocenters. The first-order valence-electron chi connectivity index (χ1n) is 7.16. The molecule has 0 radical (unpaired) electrons. The van der Waals surface area contributed by atoms with Crippen LogP contribution in [0.1, 0.15) is 39.5 Å². The molecule has 0 heterocycles. The van der Waals surface area contributed by atoms with Gasteiger partial charge in [0, 0.05) is 23.2 Å². The van der Waals surface area contributed by atoms with Gasteiger partial charge in [0.1, 0.15) is 0 Å². The molecule has 0 saturated heterocycles. The van der Waals surface area contributed by atoms with Gasteiger partial charge >= 0.3 is 0 Å². The minimum absolute atomic E-state index is 0.0764. The molecule has 0 unspecified atom stereocenters. The third-order valence-electron chi connectivity index (χ3n) is 4.44. The highest BCUT2D eigenvalue weighted by Gasteiger charge is 2.34. The van der Waals surface area contributed by atoms with Gasteiger partial charge in [0.2, 0.25) is 10.0 Å². The maximum absolute atomic E-state index is 12.8. The second-order valence-electron chi connectivity index (χ2n) is 6.61. The van der Waals surface area contributed by atoms with E-state index in [0.29, 0.717) is 15.6 Å². The first kappa shape index (κ1) is 16.8. The van der Waals surface area contributed by atoms with E-state index < -0.39 is 10.0 Å². The Kier molecular flexibility index (Phi) is 4.71. The molecule has 6 heteroatoms. The van der Waals surface area contributed by atoms with E-state index in [2.05, 4.69) is 29.8 Å². The van der Waals surface area contributed by atoms with Crippen LogP contribution >= 0.6 is 15.9 Å². The van der Waals surface area contributed by atoms with Gasteiger partial charge in [0.05, 0.1) is 4.90 Å². The van der Waals surface area contributed by atoms with Crippen molar-refractivity contribution in [2.45, 2.75) is 50.5 Å². The van der Waals surface area contributed by atoms with Crippen molar-refractivity contribution in [2.24, 2.45) is 5.41 Å². The van der Waals surface area contributed by atoms with E-state index in [4.69, 9.17) is 5.73 Å². The van der Waals surface area contributed by atoms with Gasteiger partial charge in [0.25, 0.3) is 0 Å². The summed E-state index contributed by atoms with van der Waals surface area (Å²) >= 11 is 3.31. The van der Waals surface area contributed by atoms with Crippen LogP contribution in [0.4, 0.5) is 5.69 Å². The van der Waals surface area contributed by atoms with E-state index in [9.17, 15) is 8.42 Å². The quantitative estimate of drug-likeness (QED) is 0.821. The van der Waals surface area contributed by atoms with Crippen molar-refractivity contribution in [3.8, 4) is 0 Å². The van der Waals surface area contributed by atoms with E-state index in [1.165, 1.54) is 4.31 Å². The summed E-state index contributed by atoms with van der Waals surface area (Å²) in [6.07, 6.45) is 3.94. The number of halogens is 1. The molecule has 0 aromatic heterocycles. The number of benzene rings is 1. The predicted octanol–water partition coefficient (Wildman–Crippen LogP) is 3.62. The number of nitrogens with zero attached hydrogens (tertiary/aromatic N) is 1. The second kappa shape index (κ2) is 5.89. The third kappa shape index (κ3) is 3.60. The number of nitrogen functional groups attached to an aromatic ring is 1. The van der Waals surface area contributed by atoms with Crippen LogP contribution in [0.15, 0.2) is 27.6 Å². The van der Waals surface area contributed by atoms with E-state index in [-0.39, 0.29) is 10.9 Å². The van der Waals surface area contributed by atoms with Gasteiger partial charge in [-0.25, -0.2) is 8.42 Å². The van der Waals surface area contributed by atoms with Crippen LogP contribution in [-0.4, -0.2) is 25.8 Å². The number of nitrogens with two attached hydrogens (primary N) is 1. The fourth-order valence-electron chi connectivity index (χ4n) is 2.83. The highest BCUT2D eigenvalue weighted by atomic mass is 79.9. The maximum Gasteiger partial charge on any atom is 0.244 e. The topological polar surface area (TPSA) is 63.4 Å². The minimum Gasteiger partial charge on any atom is -0.399 e. The Bertz CT molecular complexity index is 619. The lowest BCUT2D eigenvalue weighted by atomic mass is 9.76. The van der Waals surface area contributed by atoms with Crippen molar-refractivity contribution in [2.75, 3.05) is 12.8 Å². The lowest BCUT2D eigenvalue weighted by Gasteiger charge is -2.38. The van der Waals surface area contributed by atoms with E-state index in [1.54, 1.807) is 25.2 Å². The number of rotatable bonds is 3. The average molecular weight is 375 g/mol. The smallest absolute Gasteiger partial charge is 0.244 e. The van der Waals surface area contributed by atoms with Crippen molar-refractivity contribution in [3.05, 3.63) is 22.7 Å². The first-order valence-corrected chi connectivity index (χ1v) is 9.40. The molecule has 21 heavy (non-hydrogen) atoms. The number of hydrogen-bond donors (Lipinski definition) is 1. The fraction of sp³-hybridized carbons (Fsp3) is 0.600. The Morgan fingerprint density at radius 2 is 1.86 bits per heavy atom. The van der Waals surface area contributed by atoms with Gasteiger partial charge in [0.15, 0.2) is 0 Å². The van der Waals surface area contributed by atoms with Crippen LogP contribution in [-0.2, 0) is 10.0 Å². The summed E-state index contributed by atoms with van der Waals surface area (Å²) in [7, 11) is -1.81. The summed E-state index contributed by atoms with van der Waals surface area (Å²) in [5.41, 5.74) is 6.55. The second-order valence-corrected chi connectivity index (χ2v) is 9.43. The lowest BCUT2D eigenvalue weighted by molar-refractivity contribution is 0.174. The molecule has 0 aliphatic heterocycles. The molecule has 1 saturated carbocycles. The van der Waals surface area contributed by atoms with Gasteiger partial charge in [-0.15, -0.1) is 0 Å². The Morgan fingerprint density at radius 3 is 2.38 bits per heavy atom. The van der Waals surface area contributed by atoms with Gasteiger partial charge in [-0.1, -0.05) is 13.8 Å². The largest absolute Gasteiger partial charge is 0.399 e. The molecule has 4 nitrogen and oxygen atoms in total. The van der Waals surface area contributed by atoms with Crippen LogP contribution < -0.4 is 5.73 Å². The Hall–Kier alpha value is -0.590. The molecule has 1 aromatic rings. The van der Waals surface area contributed by atoms with Crippen molar-refractivity contribution >= 4 is 31.6 Å². The summed E-state index contributed by atoms with van der Waals surface area (Å²) in [5.74, 6) is 0. The SMILES string of the molecule is CN(C1CCC(C)(C)CC1)S(=O)(=O)c1ccc(N)cc1Br. The normalized spacial score (nSPS) is 19.9. The van der Waals surface area contributed by atoms with Crippen LogP contribution in [0, 0.1) is 5.41 Å². The Balaban J connectivity index is 2.23. The standard InChI is InChI=1S/C15H23BrN2O2S/c1-15(2)8-6-12(7-9-15)18(3)21(19,20)14-5-4-11(17)10-13(14)16/h4-5,10,12H,6-9,17H2,1-3H3. The zero-order valence-corrected chi connectivity index (χ0v) is 15.2. The van der Waals surface area contributed by atoms with Gasteiger partial charge in [-0.3, -0.25) is 0 Å². The Morgan fingerprint density at radius 1 is 1.29 bits per heavy atom. The molecular weight excluding hydrogens is 352 g/mol. The van der Waals surface area contributed by atoms with Gasteiger partial charge in [-0.05, 0) is 65.2 Å². The van der Waals surface area contributed by atoms with E-state index >= 15 is 0 Å². The zero-order chi connectivity index (χ0) is 15.8. The molecule has 2 N–H and O–H groups in total. The number of anilines is 1. The van der Waals surface area contributed by atoms with Crippen LogP contribution in [0.3, 0.4) is 0 Å². The molecule has 0 bridgehead atoms. The van der Waals surface area contributed by atoms with Crippen molar-refractivity contribution < 1.29 is 8.42 Å². The molecule has 0 spiro atoms. The summed E-state index contributed by atoms with van der Waals surface area (Å²) in [6, 6.07) is 4.89. The molecule has 0 amide bonds. The van der Waals surface area contributed by atoms with Crippen molar-refractivity contribution in [1.82, 2.24) is 4.31 Å².